The van der Waals surface area contributed by atoms with E-state index in [-0.39, 0.29) is 5.69 Å². The van der Waals surface area contributed by atoms with E-state index in [2.05, 4.69) is 69.2 Å². The van der Waals surface area contributed by atoms with Crippen molar-refractivity contribution >= 4 is 45.7 Å². The first-order valence-electron chi connectivity index (χ1n) is 6.91. The largest absolute Gasteiger partial charge is 0.205 e. The van der Waals surface area contributed by atoms with E-state index in [0.717, 1.165) is 22.3 Å². The second kappa shape index (κ2) is 7.13. The van der Waals surface area contributed by atoms with Crippen LogP contribution in [0.2, 0.25) is 0 Å². The number of thiocarbonyl (C=S) groups is 1. The van der Waals surface area contributed by atoms with Gasteiger partial charge in [-0.15, -0.1) is 0 Å². The predicted octanol–water partition coefficient (Wildman–Crippen LogP) is 6.50. The lowest BCUT2D eigenvalue weighted by atomic mass is 10.00. The standard InChI is InChI=1S/C19H11FINS/c20-18-11-16(7-10-19(18)22-12-23)15-3-1-13(2-4-15)14-5-8-17(21)9-6-14/h1-11H. The maximum atomic E-state index is 13.9. The number of hydrogen-bond acceptors (Lipinski definition) is 2. The fourth-order valence-electron chi connectivity index (χ4n) is 2.32. The van der Waals surface area contributed by atoms with Crippen LogP contribution in [-0.2, 0) is 0 Å². The Morgan fingerprint density at radius 3 is 1.78 bits per heavy atom. The van der Waals surface area contributed by atoms with Gasteiger partial charge in [0.25, 0.3) is 0 Å². The zero-order chi connectivity index (χ0) is 16.2. The van der Waals surface area contributed by atoms with E-state index in [1.807, 2.05) is 30.3 Å². The highest BCUT2D eigenvalue weighted by molar-refractivity contribution is 14.1. The topological polar surface area (TPSA) is 12.4 Å². The van der Waals surface area contributed by atoms with Gasteiger partial charge in [-0.05, 0) is 81.3 Å². The van der Waals surface area contributed by atoms with Gasteiger partial charge in [0.15, 0.2) is 0 Å². The van der Waals surface area contributed by atoms with E-state index in [9.17, 15) is 4.39 Å². The Morgan fingerprint density at radius 2 is 1.26 bits per heavy atom. The Morgan fingerprint density at radius 1 is 0.783 bits per heavy atom. The molecule has 112 valence electrons. The molecule has 0 saturated carbocycles. The van der Waals surface area contributed by atoms with Crippen LogP contribution in [-0.4, -0.2) is 5.16 Å². The highest BCUT2D eigenvalue weighted by Crippen LogP contribution is 2.28. The summed E-state index contributed by atoms with van der Waals surface area (Å²) in [5.41, 5.74) is 4.26. The molecule has 0 aliphatic carbocycles. The molecule has 0 unspecified atom stereocenters. The van der Waals surface area contributed by atoms with Crippen molar-refractivity contribution in [3.05, 3.63) is 76.1 Å². The summed E-state index contributed by atoms with van der Waals surface area (Å²) in [4.78, 5) is 3.69. The zero-order valence-corrected chi connectivity index (χ0v) is 14.9. The maximum absolute atomic E-state index is 13.9. The van der Waals surface area contributed by atoms with Gasteiger partial charge in [-0.25, -0.2) is 4.39 Å². The Balaban J connectivity index is 1.91. The third kappa shape index (κ3) is 3.72. The van der Waals surface area contributed by atoms with Gasteiger partial charge in [-0.1, -0.05) is 42.5 Å². The Labute approximate surface area is 153 Å². The molecule has 0 atom stereocenters. The summed E-state index contributed by atoms with van der Waals surface area (Å²) < 4.78 is 15.1. The van der Waals surface area contributed by atoms with Crippen molar-refractivity contribution in [2.45, 2.75) is 0 Å². The Kier molecular flexibility index (Phi) is 4.96. The molecule has 3 aromatic carbocycles. The average Bonchev–Trinajstić information content (AvgIpc) is 2.58. The third-order valence-corrected chi connectivity index (χ3v) is 4.32. The van der Waals surface area contributed by atoms with Gasteiger partial charge in [-0.2, -0.15) is 4.99 Å². The molecule has 4 heteroatoms. The van der Waals surface area contributed by atoms with Crippen molar-refractivity contribution in [1.29, 1.82) is 0 Å². The lowest BCUT2D eigenvalue weighted by Crippen LogP contribution is -1.83. The van der Waals surface area contributed by atoms with Crippen LogP contribution in [0, 0.1) is 9.39 Å². The van der Waals surface area contributed by atoms with E-state index in [1.54, 1.807) is 6.07 Å². The van der Waals surface area contributed by atoms with Gasteiger partial charge in [0.1, 0.15) is 11.5 Å². The van der Waals surface area contributed by atoms with E-state index in [0.29, 0.717) is 0 Å². The van der Waals surface area contributed by atoms with Crippen LogP contribution in [0.3, 0.4) is 0 Å². The minimum atomic E-state index is -0.401. The minimum absolute atomic E-state index is 0.208. The maximum Gasteiger partial charge on any atom is 0.150 e. The molecule has 0 aromatic heterocycles. The van der Waals surface area contributed by atoms with Crippen LogP contribution in [0.25, 0.3) is 22.3 Å². The summed E-state index contributed by atoms with van der Waals surface area (Å²) in [6, 6.07) is 21.3. The quantitative estimate of drug-likeness (QED) is 0.262. The lowest BCUT2D eigenvalue weighted by molar-refractivity contribution is 0.630. The van der Waals surface area contributed by atoms with Crippen LogP contribution in [0.4, 0.5) is 10.1 Å². The van der Waals surface area contributed by atoms with E-state index >= 15 is 0 Å². The number of rotatable bonds is 3. The summed E-state index contributed by atoms with van der Waals surface area (Å²) in [5.74, 6) is -0.401. The second-order valence-electron chi connectivity index (χ2n) is 4.95. The molecule has 0 N–H and O–H groups in total. The fraction of sp³-hybridized carbons (Fsp3) is 0. The van der Waals surface area contributed by atoms with Crippen molar-refractivity contribution in [2.24, 2.45) is 4.99 Å². The van der Waals surface area contributed by atoms with Gasteiger partial charge in [0.05, 0.1) is 5.16 Å². The molecule has 3 aromatic rings. The number of halogens is 2. The number of benzene rings is 3. The third-order valence-electron chi connectivity index (χ3n) is 3.51. The first kappa shape index (κ1) is 16.0. The summed E-state index contributed by atoms with van der Waals surface area (Å²) in [6.07, 6.45) is 0. The SMILES string of the molecule is Fc1cc(-c2ccc(-c3ccc(I)cc3)cc2)ccc1N=C=S. The normalized spacial score (nSPS) is 10.2. The number of aliphatic imine (C=N–C) groups is 1. The first-order valence-corrected chi connectivity index (χ1v) is 8.40. The summed E-state index contributed by atoms with van der Waals surface area (Å²) in [6.45, 7) is 0. The summed E-state index contributed by atoms with van der Waals surface area (Å²) >= 11 is 6.79. The van der Waals surface area contributed by atoms with Crippen LogP contribution in [0.5, 0.6) is 0 Å². The molecule has 3 rings (SSSR count). The van der Waals surface area contributed by atoms with Gasteiger partial charge in [0.2, 0.25) is 0 Å². The molecule has 1 nitrogen and oxygen atoms in total. The Bertz CT molecular complexity index is 882. The molecular weight excluding hydrogens is 420 g/mol. The lowest BCUT2D eigenvalue weighted by Gasteiger charge is -2.06. The van der Waals surface area contributed by atoms with Crippen molar-refractivity contribution in [1.82, 2.24) is 0 Å². The van der Waals surface area contributed by atoms with Crippen molar-refractivity contribution in [3.8, 4) is 22.3 Å². The van der Waals surface area contributed by atoms with Crippen LogP contribution in [0.15, 0.2) is 71.7 Å². The fourth-order valence-corrected chi connectivity index (χ4v) is 2.78. The summed E-state index contributed by atoms with van der Waals surface area (Å²) in [7, 11) is 0. The molecule has 0 amide bonds. The molecule has 0 aliphatic heterocycles. The van der Waals surface area contributed by atoms with Crippen LogP contribution >= 0.6 is 34.8 Å². The van der Waals surface area contributed by atoms with Crippen molar-refractivity contribution < 1.29 is 4.39 Å². The number of hydrogen-bond donors (Lipinski definition) is 0. The second-order valence-corrected chi connectivity index (χ2v) is 6.38. The van der Waals surface area contributed by atoms with Gasteiger partial charge in [-0.3, -0.25) is 0 Å². The molecule has 0 saturated heterocycles. The average molecular weight is 431 g/mol. The molecule has 0 bridgehead atoms. The van der Waals surface area contributed by atoms with E-state index < -0.39 is 5.82 Å². The molecule has 0 heterocycles. The minimum Gasteiger partial charge on any atom is -0.205 e. The van der Waals surface area contributed by atoms with Crippen molar-refractivity contribution in [3.63, 3.8) is 0 Å². The number of isothiocyanates is 1. The first-order chi connectivity index (χ1) is 11.2. The molecule has 0 fully saturated rings. The smallest absolute Gasteiger partial charge is 0.150 e. The molecule has 23 heavy (non-hydrogen) atoms. The van der Waals surface area contributed by atoms with Crippen LogP contribution in [0.1, 0.15) is 0 Å². The Hall–Kier alpha value is -1.88. The predicted molar refractivity (Wildman–Crippen MR) is 105 cm³/mol. The number of nitrogens with zero attached hydrogens (tertiary/aromatic N) is 1. The van der Waals surface area contributed by atoms with Crippen molar-refractivity contribution in [2.75, 3.05) is 0 Å². The highest BCUT2D eigenvalue weighted by Gasteiger charge is 2.05. The zero-order valence-electron chi connectivity index (χ0n) is 12.0. The van der Waals surface area contributed by atoms with Gasteiger partial charge in [0, 0.05) is 3.57 Å². The summed E-state index contributed by atoms with van der Waals surface area (Å²) in [5, 5.41) is 2.18. The highest BCUT2D eigenvalue weighted by atomic mass is 127. The van der Waals surface area contributed by atoms with Crippen LogP contribution < -0.4 is 0 Å². The molecular formula is C19H11FINS. The van der Waals surface area contributed by atoms with E-state index in [1.165, 1.54) is 9.64 Å². The molecule has 0 aliphatic rings. The van der Waals surface area contributed by atoms with E-state index in [4.69, 9.17) is 0 Å². The monoisotopic (exact) mass is 431 g/mol. The molecule has 0 radical (unpaired) electrons. The molecule has 0 spiro atoms. The van der Waals surface area contributed by atoms with Gasteiger partial charge >= 0.3 is 0 Å². The van der Waals surface area contributed by atoms with Gasteiger partial charge < -0.3 is 0 Å².